The number of carbonyl (C=O) groups is 1. The third-order valence-electron chi connectivity index (χ3n) is 4.60. The van der Waals surface area contributed by atoms with Crippen molar-refractivity contribution in [1.82, 2.24) is 24.8 Å². The van der Waals surface area contributed by atoms with E-state index in [9.17, 15) is 4.79 Å². The molecule has 4 rings (SSSR count). The molecule has 8 nitrogen and oxygen atoms in total. The van der Waals surface area contributed by atoms with Gasteiger partial charge in [0.1, 0.15) is 17.6 Å². The van der Waals surface area contributed by atoms with Crippen molar-refractivity contribution in [3.05, 3.63) is 42.4 Å². The van der Waals surface area contributed by atoms with Gasteiger partial charge in [0.2, 0.25) is 0 Å². The van der Waals surface area contributed by atoms with E-state index in [4.69, 9.17) is 4.74 Å². The average molecular weight is 340 g/mol. The molecule has 2 aliphatic rings. The van der Waals surface area contributed by atoms with Gasteiger partial charge in [0.15, 0.2) is 5.82 Å². The van der Waals surface area contributed by atoms with E-state index in [1.54, 1.807) is 17.3 Å². The van der Waals surface area contributed by atoms with Gasteiger partial charge in [0.25, 0.3) is 5.91 Å². The zero-order valence-electron chi connectivity index (χ0n) is 13.8. The highest BCUT2D eigenvalue weighted by molar-refractivity contribution is 5.92. The van der Waals surface area contributed by atoms with Crippen molar-refractivity contribution in [3.8, 4) is 0 Å². The maximum absolute atomic E-state index is 12.8. The summed E-state index contributed by atoms with van der Waals surface area (Å²) in [6, 6.07) is 2.02. The zero-order chi connectivity index (χ0) is 17.1. The molecule has 0 radical (unpaired) electrons. The predicted molar refractivity (Wildman–Crippen MR) is 89.9 cm³/mol. The van der Waals surface area contributed by atoms with Crippen molar-refractivity contribution >= 4 is 11.7 Å². The van der Waals surface area contributed by atoms with Gasteiger partial charge in [-0.1, -0.05) is 0 Å². The van der Waals surface area contributed by atoms with Crippen LogP contribution in [0, 0.1) is 0 Å². The largest absolute Gasteiger partial charge is 0.377 e. The molecule has 0 bridgehead atoms. The molecule has 1 amide bonds. The van der Waals surface area contributed by atoms with Gasteiger partial charge in [-0.05, 0) is 25.3 Å². The monoisotopic (exact) mass is 340 g/mol. The van der Waals surface area contributed by atoms with Crippen molar-refractivity contribution in [2.24, 2.45) is 0 Å². The van der Waals surface area contributed by atoms with E-state index in [1.165, 1.54) is 31.7 Å². The number of nitrogens with zero attached hydrogens (tertiary/aromatic N) is 5. The van der Waals surface area contributed by atoms with Gasteiger partial charge < -0.3 is 15.0 Å². The Balaban J connectivity index is 1.56. The van der Waals surface area contributed by atoms with Crippen LogP contribution in [-0.2, 0) is 4.74 Å². The molecule has 0 aromatic carbocycles. The molecule has 2 aromatic heterocycles. The minimum Gasteiger partial charge on any atom is -0.377 e. The molecule has 8 heteroatoms. The molecule has 1 aliphatic heterocycles. The van der Waals surface area contributed by atoms with E-state index in [2.05, 4.69) is 25.3 Å². The van der Waals surface area contributed by atoms with Crippen LogP contribution in [0.5, 0.6) is 0 Å². The lowest BCUT2D eigenvalue weighted by molar-refractivity contribution is -0.00552. The highest BCUT2D eigenvalue weighted by atomic mass is 16.5. The minimum atomic E-state index is -0.327. The number of amides is 1. The Kier molecular flexibility index (Phi) is 4.51. The summed E-state index contributed by atoms with van der Waals surface area (Å²) >= 11 is 0. The van der Waals surface area contributed by atoms with Crippen molar-refractivity contribution in [2.45, 2.75) is 31.3 Å². The van der Waals surface area contributed by atoms with Crippen LogP contribution >= 0.6 is 0 Å². The summed E-state index contributed by atoms with van der Waals surface area (Å²) in [4.78, 5) is 31.6. The van der Waals surface area contributed by atoms with E-state index in [-0.39, 0.29) is 11.9 Å². The van der Waals surface area contributed by atoms with Crippen molar-refractivity contribution in [2.75, 3.05) is 25.1 Å². The highest BCUT2D eigenvalue weighted by Gasteiger charge is 2.32. The Bertz CT molecular complexity index is 737. The van der Waals surface area contributed by atoms with Crippen LogP contribution in [0.15, 0.2) is 30.9 Å². The lowest BCUT2D eigenvalue weighted by Gasteiger charge is -2.34. The summed E-state index contributed by atoms with van der Waals surface area (Å²) < 4.78 is 5.58. The van der Waals surface area contributed by atoms with Crippen LogP contribution in [0.3, 0.4) is 0 Å². The fraction of sp³-hybridized carbons (Fsp3) is 0.471. The van der Waals surface area contributed by atoms with E-state index >= 15 is 0 Å². The molecule has 0 unspecified atom stereocenters. The quantitative estimate of drug-likeness (QED) is 0.900. The average Bonchev–Trinajstić information content (AvgIpc) is 2.65. The Morgan fingerprint density at radius 1 is 1.24 bits per heavy atom. The van der Waals surface area contributed by atoms with Gasteiger partial charge in [-0.15, -0.1) is 0 Å². The number of morpholine rings is 1. The Hall–Kier alpha value is -2.61. The second-order valence-corrected chi connectivity index (χ2v) is 6.25. The first-order valence-electron chi connectivity index (χ1n) is 8.55. The lowest BCUT2D eigenvalue weighted by atomic mass is 9.93. The molecule has 1 saturated carbocycles. The maximum Gasteiger partial charge on any atom is 0.274 e. The number of carbonyl (C=O) groups excluding carboxylic acids is 1. The fourth-order valence-corrected chi connectivity index (χ4v) is 2.99. The van der Waals surface area contributed by atoms with Gasteiger partial charge in [0, 0.05) is 31.2 Å². The van der Waals surface area contributed by atoms with Crippen molar-refractivity contribution in [3.63, 3.8) is 0 Å². The van der Waals surface area contributed by atoms with Crippen LogP contribution in [-0.4, -0.2) is 56.5 Å². The Morgan fingerprint density at radius 2 is 2.16 bits per heavy atom. The van der Waals surface area contributed by atoms with Gasteiger partial charge >= 0.3 is 0 Å². The first-order valence-corrected chi connectivity index (χ1v) is 8.55. The van der Waals surface area contributed by atoms with Crippen molar-refractivity contribution in [1.29, 1.82) is 0 Å². The lowest BCUT2D eigenvalue weighted by Crippen LogP contribution is -2.44. The molecule has 1 aliphatic carbocycles. The second kappa shape index (κ2) is 7.10. The molecule has 2 aromatic rings. The number of aromatic nitrogens is 4. The van der Waals surface area contributed by atoms with E-state index in [0.29, 0.717) is 37.3 Å². The van der Waals surface area contributed by atoms with Crippen LogP contribution < -0.4 is 5.32 Å². The Labute approximate surface area is 145 Å². The number of hydrogen-bond acceptors (Lipinski definition) is 7. The molecule has 3 heterocycles. The summed E-state index contributed by atoms with van der Waals surface area (Å²) in [5.74, 6) is 1.20. The number of nitrogens with one attached hydrogen (secondary N) is 1. The SMILES string of the molecule is O=C(c1cnccn1)N1CCOC[C@H]1c1nccc(NC2CCC2)n1. The molecule has 0 spiro atoms. The molecule has 1 atom stereocenters. The normalized spacial score (nSPS) is 20.8. The second-order valence-electron chi connectivity index (χ2n) is 6.25. The number of hydrogen-bond donors (Lipinski definition) is 1. The molecule has 1 saturated heterocycles. The van der Waals surface area contributed by atoms with Gasteiger partial charge in [-0.25, -0.2) is 15.0 Å². The molecule has 1 N–H and O–H groups in total. The number of anilines is 1. The molecular weight excluding hydrogens is 320 g/mol. The minimum absolute atomic E-state index is 0.178. The fourth-order valence-electron chi connectivity index (χ4n) is 2.99. The maximum atomic E-state index is 12.8. The number of rotatable bonds is 4. The summed E-state index contributed by atoms with van der Waals surface area (Å²) in [5, 5.41) is 3.42. The van der Waals surface area contributed by atoms with Gasteiger partial charge in [-0.3, -0.25) is 9.78 Å². The van der Waals surface area contributed by atoms with Crippen LogP contribution in [0.2, 0.25) is 0 Å². The zero-order valence-corrected chi connectivity index (χ0v) is 13.8. The third kappa shape index (κ3) is 3.43. The van der Waals surface area contributed by atoms with Gasteiger partial charge in [0.05, 0.1) is 19.4 Å². The standard InChI is InChI=1S/C17H20N6O2/c24-17(13-10-18-6-7-19-13)23-8-9-25-11-14(23)16-20-5-4-15(22-16)21-12-2-1-3-12/h4-7,10,12,14H,1-3,8-9,11H2,(H,20,21,22)/t14-/m0/s1. The Morgan fingerprint density at radius 3 is 2.92 bits per heavy atom. The molecular formula is C17H20N6O2. The van der Waals surface area contributed by atoms with Crippen molar-refractivity contribution < 1.29 is 9.53 Å². The van der Waals surface area contributed by atoms with Crippen LogP contribution in [0.25, 0.3) is 0 Å². The summed E-state index contributed by atoms with van der Waals surface area (Å²) in [5.41, 5.74) is 0.318. The van der Waals surface area contributed by atoms with Gasteiger partial charge in [-0.2, -0.15) is 0 Å². The highest BCUT2D eigenvalue weighted by Crippen LogP contribution is 2.25. The van der Waals surface area contributed by atoms with Crippen LogP contribution in [0.4, 0.5) is 5.82 Å². The molecule has 130 valence electrons. The molecule has 25 heavy (non-hydrogen) atoms. The third-order valence-corrected chi connectivity index (χ3v) is 4.60. The first kappa shape index (κ1) is 15.9. The summed E-state index contributed by atoms with van der Waals surface area (Å²) in [6.07, 6.45) is 9.86. The van der Waals surface area contributed by atoms with E-state index < -0.39 is 0 Å². The molecule has 2 fully saturated rings. The summed E-state index contributed by atoms with van der Waals surface area (Å²) in [6.45, 7) is 1.34. The predicted octanol–water partition coefficient (Wildman–Crippen LogP) is 1.44. The first-order chi connectivity index (χ1) is 12.3. The topological polar surface area (TPSA) is 93.1 Å². The van der Waals surface area contributed by atoms with Crippen LogP contribution in [0.1, 0.15) is 41.6 Å². The van der Waals surface area contributed by atoms with E-state index in [1.807, 2.05) is 6.07 Å². The smallest absolute Gasteiger partial charge is 0.274 e. The number of ether oxygens (including phenoxy) is 1. The van der Waals surface area contributed by atoms with E-state index in [0.717, 1.165) is 5.82 Å². The summed E-state index contributed by atoms with van der Waals surface area (Å²) in [7, 11) is 0.